The Labute approximate surface area is 141 Å². The van der Waals surface area contributed by atoms with Crippen LogP contribution in [0, 0.1) is 0 Å². The van der Waals surface area contributed by atoms with Crippen LogP contribution in [0.4, 0.5) is 4.79 Å². The highest BCUT2D eigenvalue weighted by molar-refractivity contribution is 5.66. The van der Waals surface area contributed by atoms with Crippen LogP contribution in [0.5, 0.6) is 0 Å². The van der Waals surface area contributed by atoms with Crippen LogP contribution in [0.1, 0.15) is 103 Å². The van der Waals surface area contributed by atoms with Crippen molar-refractivity contribution in [1.29, 1.82) is 0 Å². The third-order valence-electron chi connectivity index (χ3n) is 3.74. The zero-order valence-electron chi connectivity index (χ0n) is 14.8. The maximum absolute atomic E-state index is 10.3. The molecule has 0 rings (SSSR count). The highest BCUT2D eigenvalue weighted by Crippen LogP contribution is 2.13. The molecule has 5 nitrogen and oxygen atoms in total. The largest absolute Gasteiger partial charge is 0.503 e. The predicted molar refractivity (Wildman–Crippen MR) is 93.2 cm³/mol. The van der Waals surface area contributed by atoms with Crippen LogP contribution < -0.4 is 0 Å². The molecule has 3 N–H and O–H groups in total. The molecule has 0 radical (unpaired) electrons. The lowest BCUT2D eigenvalue weighted by molar-refractivity contribution is -0.137. The summed E-state index contributed by atoms with van der Waals surface area (Å²) in [4.78, 5) is 18.9. The fourth-order valence-corrected chi connectivity index (χ4v) is 2.47. The average molecular weight is 332 g/mol. The van der Waals surface area contributed by atoms with Gasteiger partial charge in [-0.15, -0.1) is 0 Å². The number of unbranched alkanes of at least 4 members (excludes halogenated alkanes) is 13. The molecule has 0 aliphatic heterocycles. The van der Waals surface area contributed by atoms with Gasteiger partial charge in [0.1, 0.15) is 0 Å². The van der Waals surface area contributed by atoms with Crippen molar-refractivity contribution in [1.82, 2.24) is 0 Å². The summed E-state index contributed by atoms with van der Waals surface area (Å²) < 4.78 is 0. The normalized spacial score (nSPS) is 9.96. The van der Waals surface area contributed by atoms with Gasteiger partial charge in [-0.3, -0.25) is 4.79 Å². The highest BCUT2D eigenvalue weighted by atomic mass is 16.6. The third kappa shape index (κ3) is 33.5. The van der Waals surface area contributed by atoms with Gasteiger partial charge in [-0.05, 0) is 6.42 Å². The van der Waals surface area contributed by atoms with E-state index in [-0.39, 0.29) is 0 Å². The molecule has 0 aromatic heterocycles. The fraction of sp³-hybridized carbons (Fsp3) is 0.889. The first-order valence-electron chi connectivity index (χ1n) is 9.14. The molecule has 5 heteroatoms. The molecule has 0 unspecified atom stereocenters. The molecule has 0 fully saturated rings. The molecule has 138 valence electrons. The number of carboxylic acids is 1. The first-order chi connectivity index (χ1) is 11.0. The first-order valence-corrected chi connectivity index (χ1v) is 9.14. The van der Waals surface area contributed by atoms with Crippen LogP contribution in [-0.4, -0.2) is 27.4 Å². The van der Waals surface area contributed by atoms with Gasteiger partial charge >= 0.3 is 12.1 Å². The van der Waals surface area contributed by atoms with E-state index in [0.29, 0.717) is 6.42 Å². The van der Waals surface area contributed by atoms with Gasteiger partial charge in [0.25, 0.3) is 0 Å². The van der Waals surface area contributed by atoms with Crippen molar-refractivity contribution < 1.29 is 24.9 Å². The predicted octanol–water partition coefficient (Wildman–Crippen LogP) is 6.16. The molecule has 0 aromatic carbocycles. The van der Waals surface area contributed by atoms with Gasteiger partial charge in [0, 0.05) is 6.42 Å². The lowest BCUT2D eigenvalue weighted by atomic mass is 10.0. The van der Waals surface area contributed by atoms with Crippen LogP contribution in [0.3, 0.4) is 0 Å². The lowest BCUT2D eigenvalue weighted by Gasteiger charge is -2.02. The molecule has 0 aliphatic rings. The van der Waals surface area contributed by atoms with Gasteiger partial charge in [0.15, 0.2) is 0 Å². The number of hydrogen-bond acceptors (Lipinski definition) is 2. The average Bonchev–Trinajstić information content (AvgIpc) is 2.47. The molecule has 0 aliphatic carbocycles. The zero-order chi connectivity index (χ0) is 17.8. The van der Waals surface area contributed by atoms with E-state index in [2.05, 4.69) is 6.92 Å². The Morgan fingerprint density at radius 3 is 1.09 bits per heavy atom. The van der Waals surface area contributed by atoms with Crippen LogP contribution >= 0.6 is 0 Å². The van der Waals surface area contributed by atoms with Crippen molar-refractivity contribution in [3.8, 4) is 0 Å². The molecular formula is C18H36O5. The Bertz CT molecular complexity index is 262. The molecular weight excluding hydrogens is 296 g/mol. The van der Waals surface area contributed by atoms with E-state index in [9.17, 15) is 4.79 Å². The second-order valence-electron chi connectivity index (χ2n) is 6.02. The monoisotopic (exact) mass is 332 g/mol. The second-order valence-corrected chi connectivity index (χ2v) is 6.02. The Kier molecular flexibility index (Phi) is 21.6. The third-order valence-corrected chi connectivity index (χ3v) is 3.74. The van der Waals surface area contributed by atoms with E-state index in [1.54, 1.807) is 0 Å². The summed E-state index contributed by atoms with van der Waals surface area (Å²) in [6.07, 6.45) is 16.9. The molecule has 0 bridgehead atoms. The summed E-state index contributed by atoms with van der Waals surface area (Å²) in [6.45, 7) is 2.27. The SMILES string of the molecule is CCCCCCCCCCCCCCCCC(=O)O.O=C(O)O. The van der Waals surface area contributed by atoms with E-state index >= 15 is 0 Å². The summed E-state index contributed by atoms with van der Waals surface area (Å²) in [6, 6.07) is 0. The molecule has 0 spiro atoms. The van der Waals surface area contributed by atoms with Gasteiger partial charge in [0.05, 0.1) is 0 Å². The maximum atomic E-state index is 10.3. The van der Waals surface area contributed by atoms with Gasteiger partial charge in [-0.2, -0.15) is 0 Å². The molecule has 0 atom stereocenters. The summed E-state index contributed by atoms with van der Waals surface area (Å²) in [5, 5.41) is 22.4. The van der Waals surface area contributed by atoms with Crippen molar-refractivity contribution in [3.05, 3.63) is 0 Å². The van der Waals surface area contributed by atoms with Crippen LogP contribution in [0.2, 0.25) is 0 Å². The second kappa shape index (κ2) is 20.7. The minimum atomic E-state index is -1.83. The van der Waals surface area contributed by atoms with Gasteiger partial charge in [0.2, 0.25) is 0 Å². The van der Waals surface area contributed by atoms with Crippen LogP contribution in [0.25, 0.3) is 0 Å². The fourth-order valence-electron chi connectivity index (χ4n) is 2.47. The number of carbonyl (C=O) groups is 2. The number of hydrogen-bond donors (Lipinski definition) is 3. The van der Waals surface area contributed by atoms with Gasteiger partial charge in [-0.25, -0.2) is 4.79 Å². The molecule has 0 amide bonds. The van der Waals surface area contributed by atoms with Crippen molar-refractivity contribution >= 4 is 12.1 Å². The van der Waals surface area contributed by atoms with Crippen molar-refractivity contribution in [2.24, 2.45) is 0 Å². The van der Waals surface area contributed by atoms with Crippen molar-refractivity contribution in [2.75, 3.05) is 0 Å². The number of carboxylic acid groups (broad SMARTS) is 3. The van der Waals surface area contributed by atoms with Gasteiger partial charge < -0.3 is 15.3 Å². The minimum absolute atomic E-state index is 0.345. The molecule has 23 heavy (non-hydrogen) atoms. The molecule has 0 saturated carbocycles. The summed E-state index contributed by atoms with van der Waals surface area (Å²) in [5.41, 5.74) is 0. The summed E-state index contributed by atoms with van der Waals surface area (Å²) >= 11 is 0. The Morgan fingerprint density at radius 1 is 0.565 bits per heavy atom. The Balaban J connectivity index is 0. The Hall–Kier alpha value is -1.26. The number of rotatable bonds is 15. The molecule has 0 heterocycles. The maximum Gasteiger partial charge on any atom is 0.503 e. The quantitative estimate of drug-likeness (QED) is 0.312. The van der Waals surface area contributed by atoms with Crippen LogP contribution in [-0.2, 0) is 4.79 Å². The smallest absolute Gasteiger partial charge is 0.481 e. The molecule has 0 aromatic rings. The van der Waals surface area contributed by atoms with Crippen molar-refractivity contribution in [3.63, 3.8) is 0 Å². The van der Waals surface area contributed by atoms with Crippen molar-refractivity contribution in [2.45, 2.75) is 103 Å². The first kappa shape index (κ1) is 24.0. The minimum Gasteiger partial charge on any atom is -0.481 e. The van der Waals surface area contributed by atoms with E-state index in [1.165, 1.54) is 77.0 Å². The van der Waals surface area contributed by atoms with Gasteiger partial charge in [-0.1, -0.05) is 90.4 Å². The van der Waals surface area contributed by atoms with E-state index in [4.69, 9.17) is 20.1 Å². The zero-order valence-corrected chi connectivity index (χ0v) is 14.8. The standard InChI is InChI=1S/C17H34O2.CH2O3/c1-2-3-4-5-6-7-8-9-10-11-12-13-14-15-16-17(18)19;2-1(3)4/h2-16H2,1H3,(H,18,19);(H2,2,3,4). The Morgan fingerprint density at radius 2 is 0.826 bits per heavy atom. The van der Waals surface area contributed by atoms with E-state index in [1.807, 2.05) is 0 Å². The summed E-state index contributed by atoms with van der Waals surface area (Å²) in [5.74, 6) is -0.654. The van der Waals surface area contributed by atoms with E-state index in [0.717, 1.165) is 12.8 Å². The highest BCUT2D eigenvalue weighted by Gasteiger charge is 1.96. The van der Waals surface area contributed by atoms with E-state index < -0.39 is 12.1 Å². The number of aliphatic carboxylic acids is 1. The van der Waals surface area contributed by atoms with Crippen LogP contribution in [0.15, 0.2) is 0 Å². The summed E-state index contributed by atoms with van der Waals surface area (Å²) in [7, 11) is 0. The molecule has 0 saturated heterocycles. The topological polar surface area (TPSA) is 94.8 Å². The lowest BCUT2D eigenvalue weighted by Crippen LogP contribution is -1.93.